The summed E-state index contributed by atoms with van der Waals surface area (Å²) in [5, 5.41) is 0.711. The number of hydrogen-bond donors (Lipinski definition) is 1. The van der Waals surface area contributed by atoms with E-state index < -0.39 is 0 Å². The van der Waals surface area contributed by atoms with Crippen LogP contribution >= 0.6 is 24.4 Å². The van der Waals surface area contributed by atoms with E-state index in [1.54, 1.807) is 6.21 Å². The van der Waals surface area contributed by atoms with Gasteiger partial charge in [0.25, 0.3) is 0 Å². The maximum atomic E-state index is 5.88. The molecule has 0 N–H and O–H groups in total. The minimum Gasteiger partial charge on any atom is -0.227 e. The highest BCUT2D eigenvalue weighted by Crippen LogP contribution is 2.17. The predicted molar refractivity (Wildman–Crippen MR) is 52.8 cm³/mol. The summed E-state index contributed by atoms with van der Waals surface area (Å²) in [5.74, 6) is 0. The lowest BCUT2D eigenvalue weighted by Crippen LogP contribution is -1.86. The largest absolute Gasteiger partial charge is 0.227 e. The first-order valence-electron chi connectivity index (χ1n) is 3.18. The van der Waals surface area contributed by atoms with Crippen LogP contribution in [-0.2, 0) is 0 Å². The molecule has 11 heavy (non-hydrogen) atoms. The quantitative estimate of drug-likeness (QED) is 0.510. The molecule has 0 radical (unpaired) electrons. The summed E-state index contributed by atoms with van der Waals surface area (Å²) in [6, 6.07) is 5.73. The SMILES string of the molecule is Cc1cccc(Cl)c1C=NS. The van der Waals surface area contributed by atoms with Gasteiger partial charge < -0.3 is 0 Å². The van der Waals surface area contributed by atoms with Crippen molar-refractivity contribution in [3.63, 3.8) is 0 Å². The summed E-state index contributed by atoms with van der Waals surface area (Å²) < 4.78 is 3.61. The Bertz CT molecular complexity index is 263. The molecule has 0 aliphatic carbocycles. The number of halogens is 1. The van der Waals surface area contributed by atoms with Gasteiger partial charge >= 0.3 is 0 Å². The van der Waals surface area contributed by atoms with Crippen LogP contribution in [0.3, 0.4) is 0 Å². The fourth-order valence-corrected chi connectivity index (χ4v) is 1.25. The Hall–Kier alpha value is -0.470. The Labute approximate surface area is 76.7 Å². The Morgan fingerprint density at radius 1 is 1.55 bits per heavy atom. The molecule has 0 spiro atoms. The van der Waals surface area contributed by atoms with E-state index in [2.05, 4.69) is 17.2 Å². The number of rotatable bonds is 1. The monoisotopic (exact) mass is 185 g/mol. The van der Waals surface area contributed by atoms with E-state index in [-0.39, 0.29) is 0 Å². The molecule has 0 fully saturated rings. The zero-order valence-corrected chi connectivity index (χ0v) is 7.73. The molecule has 0 atom stereocenters. The van der Waals surface area contributed by atoms with Crippen LogP contribution in [0.5, 0.6) is 0 Å². The Balaban J connectivity index is 3.20. The fraction of sp³-hybridized carbons (Fsp3) is 0.125. The van der Waals surface area contributed by atoms with Crippen molar-refractivity contribution in [3.8, 4) is 0 Å². The van der Waals surface area contributed by atoms with Crippen LogP contribution in [0.25, 0.3) is 0 Å². The van der Waals surface area contributed by atoms with Crippen molar-refractivity contribution in [1.82, 2.24) is 0 Å². The minimum atomic E-state index is 0.711. The smallest absolute Gasteiger partial charge is 0.0496 e. The van der Waals surface area contributed by atoms with Gasteiger partial charge in [0.1, 0.15) is 0 Å². The molecule has 1 aromatic carbocycles. The molecule has 58 valence electrons. The van der Waals surface area contributed by atoms with Crippen LogP contribution in [0.2, 0.25) is 5.02 Å². The van der Waals surface area contributed by atoms with Crippen LogP contribution < -0.4 is 0 Å². The van der Waals surface area contributed by atoms with Crippen molar-refractivity contribution in [2.45, 2.75) is 6.92 Å². The molecule has 0 aliphatic heterocycles. The second-order valence-corrected chi connectivity index (χ2v) is 2.85. The maximum Gasteiger partial charge on any atom is 0.0496 e. The van der Waals surface area contributed by atoms with Crippen LogP contribution in [-0.4, -0.2) is 6.21 Å². The first-order chi connectivity index (χ1) is 5.25. The lowest BCUT2D eigenvalue weighted by molar-refractivity contribution is 1.45. The van der Waals surface area contributed by atoms with E-state index >= 15 is 0 Å². The fourth-order valence-electron chi connectivity index (χ4n) is 0.866. The average Bonchev–Trinajstić information content (AvgIpc) is 1.97. The highest BCUT2D eigenvalue weighted by Gasteiger charge is 1.98. The normalized spacial score (nSPS) is 10.8. The van der Waals surface area contributed by atoms with Crippen LogP contribution in [0, 0.1) is 6.92 Å². The summed E-state index contributed by atoms with van der Waals surface area (Å²) in [4.78, 5) is 0. The summed E-state index contributed by atoms with van der Waals surface area (Å²) in [5.41, 5.74) is 2.04. The summed E-state index contributed by atoms with van der Waals surface area (Å²) in [6.07, 6.45) is 1.64. The van der Waals surface area contributed by atoms with Gasteiger partial charge in [0, 0.05) is 16.8 Å². The Morgan fingerprint density at radius 2 is 2.27 bits per heavy atom. The summed E-state index contributed by atoms with van der Waals surface area (Å²) >= 11 is 9.62. The number of benzene rings is 1. The van der Waals surface area contributed by atoms with E-state index in [4.69, 9.17) is 11.6 Å². The van der Waals surface area contributed by atoms with Crippen molar-refractivity contribution in [1.29, 1.82) is 0 Å². The first kappa shape index (κ1) is 8.62. The molecule has 0 saturated heterocycles. The summed E-state index contributed by atoms with van der Waals surface area (Å²) in [6.45, 7) is 1.98. The molecule has 0 heterocycles. The molecular formula is C8H8ClNS. The third kappa shape index (κ3) is 1.98. The zero-order chi connectivity index (χ0) is 8.27. The minimum absolute atomic E-state index is 0.711. The van der Waals surface area contributed by atoms with E-state index in [0.717, 1.165) is 11.1 Å². The van der Waals surface area contributed by atoms with Gasteiger partial charge in [-0.15, -0.1) is 0 Å². The molecule has 1 aromatic rings. The predicted octanol–water partition coefficient (Wildman–Crippen LogP) is 2.91. The third-order valence-corrected chi connectivity index (χ3v) is 1.90. The van der Waals surface area contributed by atoms with Gasteiger partial charge in [-0.2, -0.15) is 0 Å². The summed E-state index contributed by atoms with van der Waals surface area (Å²) in [7, 11) is 0. The molecule has 1 rings (SSSR count). The number of thiol groups is 1. The molecule has 0 aliphatic rings. The molecule has 1 nitrogen and oxygen atoms in total. The topological polar surface area (TPSA) is 12.4 Å². The lowest BCUT2D eigenvalue weighted by Gasteiger charge is -1.99. The lowest BCUT2D eigenvalue weighted by atomic mass is 10.1. The van der Waals surface area contributed by atoms with Gasteiger partial charge in [-0.25, -0.2) is 4.40 Å². The van der Waals surface area contributed by atoms with E-state index in [0.29, 0.717) is 5.02 Å². The number of hydrogen-bond acceptors (Lipinski definition) is 2. The average molecular weight is 186 g/mol. The van der Waals surface area contributed by atoms with Gasteiger partial charge in [0.15, 0.2) is 0 Å². The van der Waals surface area contributed by atoms with Crippen LogP contribution in [0.1, 0.15) is 11.1 Å². The second-order valence-electron chi connectivity index (χ2n) is 2.21. The molecule has 3 heteroatoms. The van der Waals surface area contributed by atoms with E-state index in [9.17, 15) is 0 Å². The van der Waals surface area contributed by atoms with Crippen LogP contribution in [0.4, 0.5) is 0 Å². The zero-order valence-electron chi connectivity index (χ0n) is 6.08. The van der Waals surface area contributed by atoms with E-state index in [1.807, 2.05) is 25.1 Å². The van der Waals surface area contributed by atoms with Crippen LogP contribution in [0.15, 0.2) is 22.6 Å². The van der Waals surface area contributed by atoms with Gasteiger partial charge in [0.2, 0.25) is 0 Å². The van der Waals surface area contributed by atoms with Gasteiger partial charge in [0.05, 0.1) is 0 Å². The molecule has 0 amide bonds. The molecule has 0 saturated carbocycles. The van der Waals surface area contributed by atoms with Gasteiger partial charge in [-0.05, 0) is 31.4 Å². The van der Waals surface area contributed by atoms with E-state index in [1.165, 1.54) is 0 Å². The molecule has 0 unspecified atom stereocenters. The highest BCUT2D eigenvalue weighted by atomic mass is 35.5. The molecule has 0 aromatic heterocycles. The third-order valence-electron chi connectivity index (χ3n) is 1.46. The van der Waals surface area contributed by atoms with Crippen molar-refractivity contribution in [3.05, 3.63) is 34.3 Å². The van der Waals surface area contributed by atoms with Gasteiger partial charge in [-0.1, -0.05) is 23.7 Å². The molecule has 0 bridgehead atoms. The van der Waals surface area contributed by atoms with Gasteiger partial charge in [-0.3, -0.25) is 0 Å². The Kier molecular flexibility index (Phi) is 2.97. The van der Waals surface area contributed by atoms with Crippen molar-refractivity contribution in [2.24, 2.45) is 4.40 Å². The number of nitrogens with zero attached hydrogens (tertiary/aromatic N) is 1. The second kappa shape index (κ2) is 3.79. The first-order valence-corrected chi connectivity index (χ1v) is 3.96. The van der Waals surface area contributed by atoms with Crippen molar-refractivity contribution in [2.75, 3.05) is 0 Å². The maximum absolute atomic E-state index is 5.88. The molecular weight excluding hydrogens is 178 g/mol. The van der Waals surface area contributed by atoms with Crippen molar-refractivity contribution < 1.29 is 0 Å². The number of aryl methyl sites for hydroxylation is 1. The Morgan fingerprint density at radius 3 is 2.82 bits per heavy atom. The van der Waals surface area contributed by atoms with Crippen molar-refractivity contribution >= 4 is 30.6 Å². The standard InChI is InChI=1S/C8H8ClNS/c1-6-3-2-4-8(9)7(6)5-10-11/h2-5,11H,1H3. The highest BCUT2D eigenvalue weighted by molar-refractivity contribution is 7.79.